The van der Waals surface area contributed by atoms with Crippen molar-refractivity contribution in [3.63, 3.8) is 0 Å². The Kier molecular flexibility index (Phi) is 6.05. The van der Waals surface area contributed by atoms with E-state index < -0.39 is 5.91 Å². The van der Waals surface area contributed by atoms with Crippen LogP contribution in [0.5, 0.6) is 5.75 Å². The summed E-state index contributed by atoms with van der Waals surface area (Å²) in [6.07, 6.45) is 6.69. The topological polar surface area (TPSA) is 92.8 Å². The maximum atomic E-state index is 12.8. The number of nitriles is 1. The number of hydrogen-bond acceptors (Lipinski definition) is 5. The summed E-state index contributed by atoms with van der Waals surface area (Å²) in [5, 5.41) is 17.1. The lowest BCUT2D eigenvalue weighted by atomic mass is 10.1. The van der Waals surface area contributed by atoms with Gasteiger partial charge in [0.2, 0.25) is 0 Å². The van der Waals surface area contributed by atoms with Gasteiger partial charge in [-0.05, 0) is 54.6 Å². The molecule has 0 aliphatic rings. The molecular weight excluding hydrogens is 402 g/mol. The molecule has 2 aromatic carbocycles. The highest BCUT2D eigenvalue weighted by molar-refractivity contribution is 6.10. The first-order valence-corrected chi connectivity index (χ1v) is 9.80. The third-order valence-electron chi connectivity index (χ3n) is 4.71. The number of nitrogens with zero attached hydrogens (tertiary/aromatic N) is 4. The molecule has 4 aromatic rings. The molecule has 7 heteroatoms. The number of hydrogen-bond donors (Lipinski definition) is 1. The van der Waals surface area contributed by atoms with Crippen LogP contribution in [-0.2, 0) is 4.79 Å². The Morgan fingerprint density at radius 3 is 2.53 bits per heavy atom. The van der Waals surface area contributed by atoms with Gasteiger partial charge in [-0.1, -0.05) is 18.2 Å². The molecule has 0 unspecified atom stereocenters. The molecule has 7 nitrogen and oxygen atoms in total. The van der Waals surface area contributed by atoms with Gasteiger partial charge in [0, 0.05) is 35.4 Å². The number of anilines is 1. The van der Waals surface area contributed by atoms with Gasteiger partial charge in [-0.25, -0.2) is 4.68 Å². The first-order chi connectivity index (χ1) is 15.7. The van der Waals surface area contributed by atoms with Gasteiger partial charge in [-0.15, -0.1) is 0 Å². The molecule has 0 saturated heterocycles. The summed E-state index contributed by atoms with van der Waals surface area (Å²) in [5.74, 6) is 0.163. The zero-order valence-corrected chi connectivity index (χ0v) is 17.3. The molecule has 0 aliphatic heterocycles. The third-order valence-corrected chi connectivity index (χ3v) is 4.71. The molecule has 0 atom stereocenters. The normalized spacial score (nSPS) is 10.9. The van der Waals surface area contributed by atoms with Gasteiger partial charge < -0.3 is 10.1 Å². The summed E-state index contributed by atoms with van der Waals surface area (Å²) >= 11 is 0. The van der Waals surface area contributed by atoms with Gasteiger partial charge in [0.05, 0.1) is 12.8 Å². The lowest BCUT2D eigenvalue weighted by molar-refractivity contribution is -0.112. The van der Waals surface area contributed by atoms with Crippen molar-refractivity contribution in [2.45, 2.75) is 0 Å². The second kappa shape index (κ2) is 9.41. The maximum absolute atomic E-state index is 12.8. The van der Waals surface area contributed by atoms with Crippen LogP contribution in [-0.4, -0.2) is 27.8 Å². The molecule has 4 rings (SSSR count). The molecule has 0 aliphatic carbocycles. The van der Waals surface area contributed by atoms with Crippen molar-refractivity contribution in [3.8, 4) is 28.8 Å². The molecule has 1 amide bonds. The van der Waals surface area contributed by atoms with Crippen molar-refractivity contribution in [2.24, 2.45) is 0 Å². The Bertz CT molecular complexity index is 1290. The molecule has 32 heavy (non-hydrogen) atoms. The fourth-order valence-electron chi connectivity index (χ4n) is 3.11. The standard InChI is InChI=1S/C25H19N5O2/c1-32-23-11-9-21(10-12-23)28-25(31)19(15-26)14-20-17-30(22-7-3-2-4-8-22)29-24(20)18-6-5-13-27-16-18/h2-14,16-17H,1H3,(H,28,31)/b19-14-. The highest BCUT2D eigenvalue weighted by Crippen LogP contribution is 2.25. The Morgan fingerprint density at radius 2 is 1.88 bits per heavy atom. The summed E-state index contributed by atoms with van der Waals surface area (Å²) in [4.78, 5) is 16.9. The Morgan fingerprint density at radius 1 is 1.09 bits per heavy atom. The van der Waals surface area contributed by atoms with Crippen LogP contribution in [0.1, 0.15) is 5.56 Å². The van der Waals surface area contributed by atoms with Crippen molar-refractivity contribution in [1.82, 2.24) is 14.8 Å². The number of para-hydroxylation sites is 1. The summed E-state index contributed by atoms with van der Waals surface area (Å²) in [6, 6.07) is 22.2. The second-order valence-corrected chi connectivity index (χ2v) is 6.81. The number of pyridine rings is 1. The van der Waals surface area contributed by atoms with Crippen LogP contribution >= 0.6 is 0 Å². The molecule has 0 fully saturated rings. The molecule has 2 heterocycles. The van der Waals surface area contributed by atoms with Crippen LogP contribution in [0.15, 0.2) is 90.9 Å². The van der Waals surface area contributed by atoms with E-state index in [0.717, 1.165) is 11.3 Å². The van der Waals surface area contributed by atoms with Crippen molar-refractivity contribution in [2.75, 3.05) is 12.4 Å². The van der Waals surface area contributed by atoms with E-state index in [9.17, 15) is 10.1 Å². The molecule has 156 valence electrons. The predicted molar refractivity (Wildman–Crippen MR) is 122 cm³/mol. The summed E-state index contributed by atoms with van der Waals surface area (Å²) in [5.41, 5.74) is 3.40. The zero-order valence-electron chi connectivity index (χ0n) is 17.3. The van der Waals surface area contributed by atoms with Crippen LogP contribution in [0.4, 0.5) is 5.69 Å². The van der Waals surface area contributed by atoms with Gasteiger partial charge in [0.1, 0.15) is 23.1 Å². The first-order valence-electron chi connectivity index (χ1n) is 9.80. The van der Waals surface area contributed by atoms with Crippen molar-refractivity contribution >= 4 is 17.7 Å². The molecule has 1 N–H and O–H groups in total. The van der Waals surface area contributed by atoms with E-state index in [0.29, 0.717) is 22.7 Å². The lowest BCUT2D eigenvalue weighted by Gasteiger charge is -2.05. The number of methoxy groups -OCH3 is 1. The number of aromatic nitrogens is 3. The van der Waals surface area contributed by atoms with Crippen molar-refractivity contribution in [3.05, 3.63) is 96.5 Å². The van der Waals surface area contributed by atoms with E-state index in [2.05, 4.69) is 15.4 Å². The van der Waals surface area contributed by atoms with Crippen molar-refractivity contribution in [1.29, 1.82) is 5.26 Å². The number of ether oxygens (including phenoxy) is 1. The minimum absolute atomic E-state index is 0.0430. The van der Waals surface area contributed by atoms with Crippen LogP contribution in [0.2, 0.25) is 0 Å². The smallest absolute Gasteiger partial charge is 0.266 e. The van der Waals surface area contributed by atoms with E-state index in [1.807, 2.05) is 48.5 Å². The number of rotatable bonds is 6. The van der Waals surface area contributed by atoms with Gasteiger partial charge in [-0.2, -0.15) is 10.4 Å². The summed E-state index contributed by atoms with van der Waals surface area (Å²) in [7, 11) is 1.57. The number of carbonyl (C=O) groups excluding carboxylic acids is 1. The number of nitrogens with one attached hydrogen (secondary N) is 1. The molecule has 0 saturated carbocycles. The monoisotopic (exact) mass is 421 g/mol. The van der Waals surface area contributed by atoms with Gasteiger partial charge in [-0.3, -0.25) is 9.78 Å². The zero-order chi connectivity index (χ0) is 22.3. The highest BCUT2D eigenvalue weighted by atomic mass is 16.5. The number of carbonyl (C=O) groups is 1. The van der Waals surface area contributed by atoms with E-state index in [1.165, 1.54) is 6.08 Å². The van der Waals surface area contributed by atoms with E-state index in [4.69, 9.17) is 4.74 Å². The van der Waals surface area contributed by atoms with E-state index >= 15 is 0 Å². The molecule has 0 radical (unpaired) electrons. The third kappa shape index (κ3) is 4.55. The van der Waals surface area contributed by atoms with Gasteiger partial charge >= 0.3 is 0 Å². The Balaban J connectivity index is 1.70. The Hall–Kier alpha value is -4.70. The first kappa shape index (κ1) is 20.6. The Labute approximate surface area is 185 Å². The highest BCUT2D eigenvalue weighted by Gasteiger charge is 2.15. The number of benzene rings is 2. The largest absolute Gasteiger partial charge is 0.497 e. The summed E-state index contributed by atoms with van der Waals surface area (Å²) in [6.45, 7) is 0. The molecule has 2 aromatic heterocycles. The van der Waals surface area contributed by atoms with Gasteiger partial charge in [0.15, 0.2) is 0 Å². The van der Waals surface area contributed by atoms with Crippen molar-refractivity contribution < 1.29 is 9.53 Å². The lowest BCUT2D eigenvalue weighted by Crippen LogP contribution is -2.13. The van der Waals surface area contributed by atoms with E-state index in [-0.39, 0.29) is 5.57 Å². The SMILES string of the molecule is COc1ccc(NC(=O)/C(C#N)=C\c2cn(-c3ccccc3)nc2-c2cccnc2)cc1. The molecule has 0 bridgehead atoms. The fourth-order valence-corrected chi connectivity index (χ4v) is 3.11. The van der Waals surface area contributed by atoms with E-state index in [1.54, 1.807) is 54.6 Å². The minimum Gasteiger partial charge on any atom is -0.497 e. The van der Waals surface area contributed by atoms with Crippen LogP contribution in [0.3, 0.4) is 0 Å². The summed E-state index contributed by atoms with van der Waals surface area (Å²) < 4.78 is 6.84. The average molecular weight is 421 g/mol. The predicted octanol–water partition coefficient (Wildman–Crippen LogP) is 4.49. The molecular formula is C25H19N5O2. The van der Waals surface area contributed by atoms with Crippen LogP contribution in [0.25, 0.3) is 23.0 Å². The van der Waals surface area contributed by atoms with Gasteiger partial charge in [0.25, 0.3) is 5.91 Å². The second-order valence-electron chi connectivity index (χ2n) is 6.81. The molecule has 0 spiro atoms. The minimum atomic E-state index is -0.512. The van der Waals surface area contributed by atoms with Crippen LogP contribution in [0, 0.1) is 11.3 Å². The average Bonchev–Trinajstić information content (AvgIpc) is 3.28. The fraction of sp³-hybridized carbons (Fsp3) is 0.0400. The maximum Gasteiger partial charge on any atom is 0.266 e. The van der Waals surface area contributed by atoms with Crippen LogP contribution < -0.4 is 10.1 Å². The number of amides is 1. The quantitative estimate of drug-likeness (QED) is 0.366.